The minimum absolute atomic E-state index is 0.0474. The number of aromatic hydroxyl groups is 1. The fourth-order valence-electron chi connectivity index (χ4n) is 2.51. The van der Waals surface area contributed by atoms with Crippen molar-refractivity contribution in [3.05, 3.63) is 51.9 Å². The molecule has 0 aliphatic heterocycles. The Balaban J connectivity index is 2.22. The molecule has 140 valence electrons. The maximum atomic E-state index is 12.0. The summed E-state index contributed by atoms with van der Waals surface area (Å²) in [5, 5.41) is 9.73. The highest BCUT2D eigenvalue weighted by Gasteiger charge is 2.14. The average molecular weight is 361 g/mol. The summed E-state index contributed by atoms with van der Waals surface area (Å²) >= 11 is 0. The van der Waals surface area contributed by atoms with E-state index in [0.29, 0.717) is 37.7 Å². The van der Waals surface area contributed by atoms with Gasteiger partial charge in [-0.25, -0.2) is 4.79 Å². The molecule has 0 bridgehead atoms. The normalized spacial score (nSPS) is 10.4. The van der Waals surface area contributed by atoms with Crippen LogP contribution in [0.25, 0.3) is 0 Å². The third-order valence-electron chi connectivity index (χ3n) is 3.76. The number of aromatic nitrogens is 1. The van der Waals surface area contributed by atoms with E-state index in [1.54, 1.807) is 0 Å². The highest BCUT2D eigenvalue weighted by molar-refractivity contribution is 5.91. The van der Waals surface area contributed by atoms with Crippen LogP contribution in [0.15, 0.2) is 35.3 Å². The Hall–Kier alpha value is -2.96. The van der Waals surface area contributed by atoms with Gasteiger partial charge in [-0.05, 0) is 38.0 Å². The lowest BCUT2D eigenvalue weighted by molar-refractivity contribution is 0.0596. The van der Waals surface area contributed by atoms with Crippen LogP contribution < -0.4 is 15.0 Å². The van der Waals surface area contributed by atoms with E-state index in [0.717, 1.165) is 11.6 Å². The summed E-state index contributed by atoms with van der Waals surface area (Å²) in [5.41, 5.74) is 0.511. The molecule has 0 unspecified atom stereocenters. The van der Waals surface area contributed by atoms with E-state index in [-0.39, 0.29) is 5.56 Å². The molecule has 0 atom stereocenters. The number of carbonyl (C=O) groups is 1. The fraction of sp³-hybridized carbons (Fsp3) is 0.368. The molecule has 0 amide bonds. The van der Waals surface area contributed by atoms with Crippen LogP contribution in [-0.2, 0) is 17.7 Å². The van der Waals surface area contributed by atoms with Crippen molar-refractivity contribution in [1.29, 1.82) is 0 Å². The van der Waals surface area contributed by atoms with Crippen molar-refractivity contribution < 1.29 is 24.1 Å². The predicted octanol–water partition coefficient (Wildman–Crippen LogP) is 2.38. The maximum Gasteiger partial charge on any atom is 0.343 e. The second kappa shape index (κ2) is 8.94. The standard InChI is InChI=1S/C19H23NO6/c1-4-25-16-7-6-13(10-17(16)26-5-2)8-9-20-12-14(19(23)24-3)15(21)11-18(20)22/h6-7,10-12,21H,4-5,8-9H2,1-3H3. The van der Waals surface area contributed by atoms with Crippen molar-refractivity contribution in [1.82, 2.24) is 4.57 Å². The molecular formula is C19H23NO6. The molecule has 0 fully saturated rings. The quantitative estimate of drug-likeness (QED) is 0.727. The van der Waals surface area contributed by atoms with E-state index in [1.807, 2.05) is 32.0 Å². The molecule has 1 aromatic heterocycles. The van der Waals surface area contributed by atoms with Gasteiger partial charge in [-0.15, -0.1) is 0 Å². The Morgan fingerprint density at radius 1 is 1.12 bits per heavy atom. The van der Waals surface area contributed by atoms with E-state index in [9.17, 15) is 14.7 Å². The largest absolute Gasteiger partial charge is 0.507 e. The van der Waals surface area contributed by atoms with Gasteiger partial charge in [0, 0.05) is 18.8 Å². The average Bonchev–Trinajstić information content (AvgIpc) is 2.62. The lowest BCUT2D eigenvalue weighted by Gasteiger charge is -2.13. The molecule has 1 aromatic carbocycles. The van der Waals surface area contributed by atoms with Crippen molar-refractivity contribution in [2.45, 2.75) is 26.8 Å². The summed E-state index contributed by atoms with van der Waals surface area (Å²) in [6.07, 6.45) is 1.85. The number of methoxy groups -OCH3 is 1. The zero-order valence-electron chi connectivity index (χ0n) is 15.2. The Labute approximate surface area is 151 Å². The summed E-state index contributed by atoms with van der Waals surface area (Å²) in [4.78, 5) is 23.7. The van der Waals surface area contributed by atoms with Crippen molar-refractivity contribution in [3.8, 4) is 17.2 Å². The molecule has 0 radical (unpaired) electrons. The molecule has 0 saturated heterocycles. The summed E-state index contributed by atoms with van der Waals surface area (Å²) < 4.78 is 17.1. The van der Waals surface area contributed by atoms with Crippen molar-refractivity contribution in [2.24, 2.45) is 0 Å². The summed E-state index contributed by atoms with van der Waals surface area (Å²) in [6, 6.07) is 6.63. The van der Waals surface area contributed by atoms with E-state index in [2.05, 4.69) is 4.74 Å². The number of rotatable bonds is 8. The SMILES string of the molecule is CCOc1ccc(CCn2cc(C(=O)OC)c(O)cc2=O)cc1OCC. The van der Waals surface area contributed by atoms with Gasteiger partial charge in [0.2, 0.25) is 0 Å². The molecule has 0 aliphatic rings. The number of esters is 1. The van der Waals surface area contributed by atoms with Gasteiger partial charge in [-0.1, -0.05) is 6.07 Å². The lowest BCUT2D eigenvalue weighted by Crippen LogP contribution is -2.21. The summed E-state index contributed by atoms with van der Waals surface area (Å²) in [5.74, 6) is 0.238. The van der Waals surface area contributed by atoms with Crippen LogP contribution in [0.4, 0.5) is 0 Å². The Morgan fingerprint density at radius 3 is 2.46 bits per heavy atom. The minimum Gasteiger partial charge on any atom is -0.507 e. The monoisotopic (exact) mass is 361 g/mol. The zero-order valence-corrected chi connectivity index (χ0v) is 15.2. The van der Waals surface area contributed by atoms with E-state index in [4.69, 9.17) is 9.47 Å². The van der Waals surface area contributed by atoms with Gasteiger partial charge in [0.25, 0.3) is 5.56 Å². The van der Waals surface area contributed by atoms with Crippen LogP contribution in [0.1, 0.15) is 29.8 Å². The molecule has 26 heavy (non-hydrogen) atoms. The molecular weight excluding hydrogens is 338 g/mol. The van der Waals surface area contributed by atoms with Crippen molar-refractivity contribution in [2.75, 3.05) is 20.3 Å². The lowest BCUT2D eigenvalue weighted by atomic mass is 10.1. The molecule has 1 heterocycles. The van der Waals surface area contributed by atoms with Gasteiger partial charge in [0.1, 0.15) is 11.3 Å². The first-order chi connectivity index (χ1) is 12.5. The van der Waals surface area contributed by atoms with E-state index < -0.39 is 17.3 Å². The Kier molecular flexibility index (Phi) is 6.66. The number of nitrogens with zero attached hydrogens (tertiary/aromatic N) is 1. The number of pyridine rings is 1. The zero-order chi connectivity index (χ0) is 19.1. The summed E-state index contributed by atoms with van der Waals surface area (Å²) in [6.45, 7) is 5.19. The summed E-state index contributed by atoms with van der Waals surface area (Å²) in [7, 11) is 1.21. The van der Waals surface area contributed by atoms with Crippen LogP contribution in [0.3, 0.4) is 0 Å². The topological polar surface area (TPSA) is 87.0 Å². The van der Waals surface area contributed by atoms with Crippen LogP contribution in [0, 0.1) is 0 Å². The Morgan fingerprint density at radius 2 is 1.81 bits per heavy atom. The minimum atomic E-state index is -0.698. The molecule has 7 nitrogen and oxygen atoms in total. The van der Waals surface area contributed by atoms with Gasteiger partial charge in [0.15, 0.2) is 11.5 Å². The number of aryl methyl sites for hydroxylation is 2. The number of hydrogen-bond donors (Lipinski definition) is 1. The van der Waals surface area contributed by atoms with Crippen LogP contribution in [0.5, 0.6) is 17.2 Å². The first-order valence-corrected chi connectivity index (χ1v) is 8.40. The predicted molar refractivity (Wildman–Crippen MR) is 96.2 cm³/mol. The van der Waals surface area contributed by atoms with Gasteiger partial charge in [0.05, 0.1) is 20.3 Å². The number of carbonyl (C=O) groups excluding carboxylic acids is 1. The maximum absolute atomic E-state index is 12.0. The first-order valence-electron chi connectivity index (χ1n) is 8.40. The van der Waals surface area contributed by atoms with Gasteiger partial charge in [-0.2, -0.15) is 0 Å². The molecule has 2 aromatic rings. The molecule has 2 rings (SSSR count). The second-order valence-electron chi connectivity index (χ2n) is 5.49. The van der Waals surface area contributed by atoms with Gasteiger partial charge < -0.3 is 23.9 Å². The Bertz CT molecular complexity index is 827. The third kappa shape index (κ3) is 4.56. The molecule has 0 saturated carbocycles. The fourth-order valence-corrected chi connectivity index (χ4v) is 2.51. The molecule has 7 heteroatoms. The second-order valence-corrected chi connectivity index (χ2v) is 5.49. The number of hydrogen-bond acceptors (Lipinski definition) is 6. The van der Waals surface area contributed by atoms with Gasteiger partial charge in [-0.3, -0.25) is 4.79 Å². The van der Waals surface area contributed by atoms with E-state index in [1.165, 1.54) is 17.9 Å². The highest BCUT2D eigenvalue weighted by atomic mass is 16.5. The molecule has 1 N–H and O–H groups in total. The van der Waals surface area contributed by atoms with Crippen molar-refractivity contribution in [3.63, 3.8) is 0 Å². The smallest absolute Gasteiger partial charge is 0.343 e. The number of benzene rings is 1. The van der Waals surface area contributed by atoms with Gasteiger partial charge >= 0.3 is 5.97 Å². The first kappa shape index (κ1) is 19.4. The van der Waals surface area contributed by atoms with Crippen LogP contribution in [-0.4, -0.2) is 36.0 Å². The van der Waals surface area contributed by atoms with Crippen LogP contribution >= 0.6 is 0 Å². The highest BCUT2D eigenvalue weighted by Crippen LogP contribution is 2.28. The number of ether oxygens (including phenoxy) is 3. The van der Waals surface area contributed by atoms with Crippen LogP contribution in [0.2, 0.25) is 0 Å². The molecule has 0 spiro atoms. The van der Waals surface area contributed by atoms with E-state index >= 15 is 0 Å². The van der Waals surface area contributed by atoms with Crippen molar-refractivity contribution >= 4 is 5.97 Å². The molecule has 0 aliphatic carbocycles. The third-order valence-corrected chi connectivity index (χ3v) is 3.76.